The molecular formula is C28H31ClN2O3S. The van der Waals surface area contributed by atoms with Gasteiger partial charge >= 0.3 is 0 Å². The summed E-state index contributed by atoms with van der Waals surface area (Å²) >= 11 is 7.43. The van der Waals surface area contributed by atoms with Crippen molar-refractivity contribution in [1.82, 2.24) is 10.2 Å². The third-order valence-corrected chi connectivity index (χ3v) is 6.73. The lowest BCUT2D eigenvalue weighted by Crippen LogP contribution is -2.51. The highest BCUT2D eigenvalue weighted by atomic mass is 35.5. The Morgan fingerprint density at radius 2 is 1.71 bits per heavy atom. The molecule has 184 valence electrons. The molecule has 0 bridgehead atoms. The van der Waals surface area contributed by atoms with Crippen molar-refractivity contribution in [2.45, 2.75) is 37.2 Å². The predicted molar refractivity (Wildman–Crippen MR) is 143 cm³/mol. The average Bonchev–Trinajstić information content (AvgIpc) is 2.89. The Labute approximate surface area is 216 Å². The molecule has 2 amide bonds. The summed E-state index contributed by atoms with van der Waals surface area (Å²) < 4.78 is 5.37. The van der Waals surface area contributed by atoms with E-state index >= 15 is 0 Å². The van der Waals surface area contributed by atoms with Gasteiger partial charge in [-0.2, -0.15) is 0 Å². The summed E-state index contributed by atoms with van der Waals surface area (Å²) in [5, 5.41) is 3.65. The Hall–Kier alpha value is -2.96. The van der Waals surface area contributed by atoms with E-state index in [1.54, 1.807) is 24.1 Å². The number of amides is 2. The fourth-order valence-corrected chi connectivity index (χ4v) is 4.56. The number of rotatable bonds is 12. The largest absolute Gasteiger partial charge is 0.497 e. The Bertz CT molecular complexity index is 1090. The molecule has 0 fully saturated rings. The standard InChI is InChI=1S/C28H31ClN2O3S/c1-3-16-30-28(33)26(18-21-8-5-4-6-9-21)31(19-22-10-7-11-24(17-22)34-2)27(32)20-35-25-14-12-23(29)13-15-25/h4-15,17,26H,3,16,18-20H2,1-2H3,(H,30,33). The maximum absolute atomic E-state index is 13.6. The Morgan fingerprint density at radius 1 is 1.00 bits per heavy atom. The van der Waals surface area contributed by atoms with Gasteiger partial charge in [-0.1, -0.05) is 61.0 Å². The number of carbonyl (C=O) groups excluding carboxylic acids is 2. The molecule has 3 aromatic carbocycles. The Morgan fingerprint density at radius 3 is 2.40 bits per heavy atom. The summed E-state index contributed by atoms with van der Waals surface area (Å²) in [6.45, 7) is 2.87. The van der Waals surface area contributed by atoms with Crippen LogP contribution in [0.1, 0.15) is 24.5 Å². The number of hydrogen-bond donors (Lipinski definition) is 1. The molecule has 3 aromatic rings. The third-order valence-electron chi connectivity index (χ3n) is 5.48. The number of thioether (sulfide) groups is 1. The van der Waals surface area contributed by atoms with Gasteiger partial charge in [-0.25, -0.2) is 0 Å². The van der Waals surface area contributed by atoms with Gasteiger partial charge in [0.05, 0.1) is 12.9 Å². The quantitative estimate of drug-likeness (QED) is 0.322. The van der Waals surface area contributed by atoms with Crippen LogP contribution in [0.15, 0.2) is 83.8 Å². The van der Waals surface area contributed by atoms with Crippen LogP contribution in [-0.4, -0.2) is 42.2 Å². The molecule has 0 radical (unpaired) electrons. The molecule has 0 spiro atoms. The van der Waals surface area contributed by atoms with Crippen molar-refractivity contribution in [3.8, 4) is 5.75 Å². The number of halogens is 1. The zero-order chi connectivity index (χ0) is 25.0. The van der Waals surface area contributed by atoms with Gasteiger partial charge in [-0.3, -0.25) is 9.59 Å². The Balaban J connectivity index is 1.89. The van der Waals surface area contributed by atoms with E-state index in [0.717, 1.165) is 22.4 Å². The van der Waals surface area contributed by atoms with E-state index < -0.39 is 6.04 Å². The monoisotopic (exact) mass is 510 g/mol. The molecule has 1 atom stereocenters. The minimum absolute atomic E-state index is 0.111. The van der Waals surface area contributed by atoms with E-state index in [2.05, 4.69) is 5.32 Å². The maximum Gasteiger partial charge on any atom is 0.243 e. The van der Waals surface area contributed by atoms with Gasteiger partial charge in [-0.05, 0) is 53.9 Å². The second-order valence-electron chi connectivity index (χ2n) is 8.11. The van der Waals surface area contributed by atoms with E-state index in [4.69, 9.17) is 16.3 Å². The summed E-state index contributed by atoms with van der Waals surface area (Å²) in [5.74, 6) is 0.655. The van der Waals surface area contributed by atoms with Gasteiger partial charge in [0.15, 0.2) is 0 Å². The molecule has 0 saturated heterocycles. The van der Waals surface area contributed by atoms with Gasteiger partial charge < -0.3 is 15.0 Å². The highest BCUT2D eigenvalue weighted by Crippen LogP contribution is 2.23. The topological polar surface area (TPSA) is 58.6 Å². The van der Waals surface area contributed by atoms with E-state index in [9.17, 15) is 9.59 Å². The molecule has 0 aliphatic heterocycles. The van der Waals surface area contributed by atoms with Crippen molar-refractivity contribution in [3.05, 3.63) is 95.0 Å². The smallest absolute Gasteiger partial charge is 0.243 e. The van der Waals surface area contributed by atoms with Crippen LogP contribution in [-0.2, 0) is 22.6 Å². The van der Waals surface area contributed by atoms with Crippen molar-refractivity contribution in [2.75, 3.05) is 19.4 Å². The maximum atomic E-state index is 13.6. The number of nitrogens with one attached hydrogen (secondary N) is 1. The van der Waals surface area contributed by atoms with Gasteiger partial charge in [0, 0.05) is 29.4 Å². The summed E-state index contributed by atoms with van der Waals surface area (Å²) in [4.78, 5) is 29.6. The zero-order valence-electron chi connectivity index (χ0n) is 20.1. The van der Waals surface area contributed by atoms with Crippen LogP contribution in [0.25, 0.3) is 0 Å². The average molecular weight is 511 g/mol. The summed E-state index contributed by atoms with van der Waals surface area (Å²) in [5.41, 5.74) is 1.90. The highest BCUT2D eigenvalue weighted by Gasteiger charge is 2.30. The van der Waals surface area contributed by atoms with Crippen LogP contribution in [0.5, 0.6) is 5.75 Å². The first kappa shape index (κ1) is 26.6. The first-order valence-corrected chi connectivity index (χ1v) is 13.0. The normalized spacial score (nSPS) is 11.5. The number of nitrogens with zero attached hydrogens (tertiary/aromatic N) is 1. The van der Waals surface area contributed by atoms with Crippen molar-refractivity contribution >= 4 is 35.2 Å². The minimum Gasteiger partial charge on any atom is -0.497 e. The van der Waals surface area contributed by atoms with Crippen LogP contribution in [0.3, 0.4) is 0 Å². The van der Waals surface area contributed by atoms with Crippen LogP contribution >= 0.6 is 23.4 Å². The molecule has 0 aliphatic carbocycles. The van der Waals surface area contributed by atoms with E-state index in [-0.39, 0.29) is 17.6 Å². The lowest BCUT2D eigenvalue weighted by Gasteiger charge is -2.31. The number of carbonyl (C=O) groups is 2. The molecule has 0 aromatic heterocycles. The summed E-state index contributed by atoms with van der Waals surface area (Å²) in [6.07, 6.45) is 1.25. The minimum atomic E-state index is -0.645. The predicted octanol–water partition coefficient (Wildman–Crippen LogP) is 5.61. The van der Waals surface area contributed by atoms with Crippen LogP contribution in [0, 0.1) is 0 Å². The third kappa shape index (κ3) is 8.34. The van der Waals surface area contributed by atoms with Crippen molar-refractivity contribution in [2.24, 2.45) is 0 Å². The fourth-order valence-electron chi connectivity index (χ4n) is 3.65. The molecule has 7 heteroatoms. The zero-order valence-corrected chi connectivity index (χ0v) is 21.6. The molecule has 35 heavy (non-hydrogen) atoms. The van der Waals surface area contributed by atoms with Crippen molar-refractivity contribution in [1.29, 1.82) is 0 Å². The van der Waals surface area contributed by atoms with Gasteiger partial charge in [0.2, 0.25) is 11.8 Å². The van der Waals surface area contributed by atoms with Crippen LogP contribution < -0.4 is 10.1 Å². The first-order chi connectivity index (χ1) is 17.0. The van der Waals surface area contributed by atoms with Gasteiger partial charge in [0.25, 0.3) is 0 Å². The van der Waals surface area contributed by atoms with E-state index in [1.807, 2.05) is 73.7 Å². The number of methoxy groups -OCH3 is 1. The van der Waals surface area contributed by atoms with Crippen LogP contribution in [0.4, 0.5) is 0 Å². The lowest BCUT2D eigenvalue weighted by molar-refractivity contribution is -0.139. The van der Waals surface area contributed by atoms with Crippen LogP contribution in [0.2, 0.25) is 5.02 Å². The molecule has 1 unspecified atom stereocenters. The molecule has 0 saturated carbocycles. The highest BCUT2D eigenvalue weighted by molar-refractivity contribution is 8.00. The Kier molecular flexibility index (Phi) is 10.5. The molecular weight excluding hydrogens is 480 g/mol. The van der Waals surface area contributed by atoms with Crippen molar-refractivity contribution < 1.29 is 14.3 Å². The molecule has 0 aliphatic rings. The number of ether oxygens (including phenoxy) is 1. The second-order valence-corrected chi connectivity index (χ2v) is 9.60. The van der Waals surface area contributed by atoms with E-state index in [1.165, 1.54) is 11.8 Å². The SMILES string of the molecule is CCCNC(=O)C(Cc1ccccc1)N(Cc1cccc(OC)c1)C(=O)CSc1ccc(Cl)cc1. The van der Waals surface area contributed by atoms with Gasteiger partial charge in [0.1, 0.15) is 11.8 Å². The second kappa shape index (κ2) is 13.8. The molecule has 1 N–H and O–H groups in total. The number of benzene rings is 3. The van der Waals surface area contributed by atoms with E-state index in [0.29, 0.717) is 30.3 Å². The first-order valence-electron chi connectivity index (χ1n) is 11.6. The van der Waals surface area contributed by atoms with Gasteiger partial charge in [-0.15, -0.1) is 11.8 Å². The fraction of sp³-hybridized carbons (Fsp3) is 0.286. The van der Waals surface area contributed by atoms with Crippen molar-refractivity contribution in [3.63, 3.8) is 0 Å². The molecule has 3 rings (SSSR count). The summed E-state index contributed by atoms with van der Waals surface area (Å²) in [6, 6.07) is 24.1. The number of hydrogen-bond acceptors (Lipinski definition) is 4. The molecule has 0 heterocycles. The molecule has 5 nitrogen and oxygen atoms in total. The summed E-state index contributed by atoms with van der Waals surface area (Å²) in [7, 11) is 1.61. The lowest BCUT2D eigenvalue weighted by atomic mass is 10.0.